The van der Waals surface area contributed by atoms with Crippen LogP contribution in [0.1, 0.15) is 34.3 Å². The van der Waals surface area contributed by atoms with Crippen LogP contribution in [0.15, 0.2) is 72.8 Å². The minimum atomic E-state index is -1.60. The number of rotatable bonds is 4. The van der Waals surface area contributed by atoms with E-state index in [1.165, 1.54) is 21.9 Å². The van der Waals surface area contributed by atoms with E-state index in [4.69, 9.17) is 0 Å². The van der Waals surface area contributed by atoms with Crippen LogP contribution in [0.2, 0.25) is 0 Å². The van der Waals surface area contributed by atoms with Gasteiger partial charge >= 0.3 is 0 Å². The lowest BCUT2D eigenvalue weighted by Gasteiger charge is -2.49. The molecular formula is C26H22FN3O3. The van der Waals surface area contributed by atoms with Crippen LogP contribution in [-0.4, -0.2) is 28.3 Å². The maximum Gasteiger partial charge on any atom is 0.271 e. The number of hydrogen-bond donors (Lipinski definition) is 1. The fraction of sp³-hybridized carbons (Fsp3) is 0.192. The number of nitrogens with zero attached hydrogens (tertiary/aromatic N) is 2. The second-order valence-electron chi connectivity index (χ2n) is 8.38. The molecule has 3 amide bonds. The Morgan fingerprint density at radius 3 is 2.52 bits per heavy atom. The second kappa shape index (κ2) is 7.85. The molecule has 2 aliphatic rings. The van der Waals surface area contributed by atoms with Crippen molar-refractivity contribution < 1.29 is 18.8 Å². The highest BCUT2D eigenvalue weighted by atomic mass is 19.1. The number of benzene rings is 3. The minimum Gasteiger partial charge on any atom is -0.320 e. The molecule has 0 radical (unpaired) electrons. The van der Waals surface area contributed by atoms with E-state index in [2.05, 4.69) is 5.32 Å². The van der Waals surface area contributed by atoms with Crippen molar-refractivity contribution in [1.82, 2.24) is 4.90 Å². The first-order valence-corrected chi connectivity index (χ1v) is 10.8. The zero-order chi connectivity index (χ0) is 23.2. The van der Waals surface area contributed by atoms with Gasteiger partial charge in [0.05, 0.1) is 16.9 Å². The molecule has 33 heavy (non-hydrogen) atoms. The Bertz CT molecular complexity index is 1280. The van der Waals surface area contributed by atoms with Crippen molar-refractivity contribution in [3.8, 4) is 0 Å². The van der Waals surface area contributed by atoms with E-state index in [-0.39, 0.29) is 36.9 Å². The first-order chi connectivity index (χ1) is 15.9. The standard InChI is InChI=1S/C26H22FN3O3/c1-17-11-12-21(20(27)15-17)28-25(33)26-14-13-23(31)30(26)22-10-6-5-9-19(22)24(32)29(26)16-18-7-3-2-4-8-18/h2-12,15H,13-14,16H2,1H3,(H,28,33)/t26-/m1/s1. The summed E-state index contributed by atoms with van der Waals surface area (Å²) in [5.74, 6) is -1.80. The first kappa shape index (κ1) is 20.9. The van der Waals surface area contributed by atoms with Crippen LogP contribution in [0.4, 0.5) is 15.8 Å². The average molecular weight is 443 g/mol. The Labute approximate surface area is 190 Å². The molecule has 0 unspecified atom stereocenters. The number of halogens is 1. The van der Waals surface area contributed by atoms with E-state index in [0.29, 0.717) is 16.8 Å². The molecule has 0 spiro atoms. The molecule has 1 N–H and O–H groups in total. The first-order valence-electron chi connectivity index (χ1n) is 10.8. The van der Waals surface area contributed by atoms with E-state index in [1.54, 1.807) is 37.3 Å². The van der Waals surface area contributed by atoms with Crippen molar-refractivity contribution in [2.45, 2.75) is 32.0 Å². The van der Waals surface area contributed by atoms with Crippen LogP contribution < -0.4 is 10.2 Å². The third-order valence-electron chi connectivity index (χ3n) is 6.29. The highest BCUT2D eigenvalue weighted by Crippen LogP contribution is 2.45. The highest BCUT2D eigenvalue weighted by molar-refractivity contribution is 6.18. The summed E-state index contributed by atoms with van der Waals surface area (Å²) in [6.07, 6.45) is 0.203. The predicted molar refractivity (Wildman–Crippen MR) is 122 cm³/mol. The topological polar surface area (TPSA) is 69.7 Å². The van der Waals surface area contributed by atoms with Crippen molar-refractivity contribution in [3.63, 3.8) is 0 Å². The lowest BCUT2D eigenvalue weighted by Crippen LogP contribution is -2.69. The third-order valence-corrected chi connectivity index (χ3v) is 6.29. The molecule has 3 aromatic rings. The smallest absolute Gasteiger partial charge is 0.271 e. The van der Waals surface area contributed by atoms with Gasteiger partial charge in [-0.2, -0.15) is 0 Å². The van der Waals surface area contributed by atoms with Crippen LogP contribution in [0, 0.1) is 12.7 Å². The summed E-state index contributed by atoms with van der Waals surface area (Å²) < 4.78 is 14.6. The molecule has 0 saturated carbocycles. The number of nitrogens with one attached hydrogen (secondary N) is 1. The van der Waals surface area contributed by atoms with Crippen LogP contribution in [0.25, 0.3) is 0 Å². The van der Waals surface area contributed by atoms with Gasteiger partial charge in [0, 0.05) is 19.4 Å². The highest BCUT2D eigenvalue weighted by Gasteiger charge is 2.60. The molecule has 2 heterocycles. The van der Waals surface area contributed by atoms with Crippen molar-refractivity contribution in [3.05, 3.63) is 95.3 Å². The van der Waals surface area contributed by atoms with Gasteiger partial charge in [-0.15, -0.1) is 0 Å². The molecule has 5 rings (SSSR count). The van der Waals surface area contributed by atoms with E-state index >= 15 is 0 Å². The summed E-state index contributed by atoms with van der Waals surface area (Å²) in [6.45, 7) is 1.88. The fourth-order valence-electron chi connectivity index (χ4n) is 4.71. The molecule has 166 valence electrons. The monoisotopic (exact) mass is 443 g/mol. The lowest BCUT2D eigenvalue weighted by molar-refractivity contribution is -0.129. The van der Waals surface area contributed by atoms with Crippen LogP contribution in [-0.2, 0) is 16.1 Å². The molecule has 2 aliphatic heterocycles. The molecule has 0 bridgehead atoms. The molecule has 0 aromatic heterocycles. The van der Waals surface area contributed by atoms with Gasteiger partial charge in [-0.05, 0) is 42.3 Å². The number of fused-ring (bicyclic) bond motifs is 3. The van der Waals surface area contributed by atoms with Gasteiger partial charge in [0.25, 0.3) is 11.8 Å². The van der Waals surface area contributed by atoms with Gasteiger partial charge in [0.1, 0.15) is 5.82 Å². The number of para-hydroxylation sites is 1. The normalized spacial score (nSPS) is 19.3. The Balaban J connectivity index is 1.65. The lowest BCUT2D eigenvalue weighted by atomic mass is 9.94. The van der Waals surface area contributed by atoms with Crippen molar-refractivity contribution in [2.24, 2.45) is 0 Å². The second-order valence-corrected chi connectivity index (χ2v) is 8.38. The van der Waals surface area contributed by atoms with Crippen LogP contribution in [0.5, 0.6) is 0 Å². The third kappa shape index (κ3) is 3.28. The van der Waals surface area contributed by atoms with Gasteiger partial charge in [-0.3, -0.25) is 19.3 Å². The summed E-state index contributed by atoms with van der Waals surface area (Å²) in [5.41, 5.74) is 0.690. The molecule has 1 atom stereocenters. The summed E-state index contributed by atoms with van der Waals surface area (Å²) in [5, 5.41) is 2.66. The van der Waals surface area contributed by atoms with E-state index in [0.717, 1.165) is 5.56 Å². The molecular weight excluding hydrogens is 421 g/mol. The Hall–Kier alpha value is -4.00. The summed E-state index contributed by atoms with van der Waals surface area (Å²) in [6, 6.07) is 20.6. The molecule has 1 fully saturated rings. The van der Waals surface area contributed by atoms with Crippen LogP contribution in [0.3, 0.4) is 0 Å². The zero-order valence-electron chi connectivity index (χ0n) is 18.0. The number of carbonyl (C=O) groups is 3. The zero-order valence-corrected chi connectivity index (χ0v) is 18.0. The summed E-state index contributed by atoms with van der Waals surface area (Å²) >= 11 is 0. The number of amides is 3. The number of hydrogen-bond acceptors (Lipinski definition) is 3. The van der Waals surface area contributed by atoms with Crippen molar-refractivity contribution in [1.29, 1.82) is 0 Å². The molecule has 6 nitrogen and oxygen atoms in total. The molecule has 3 aromatic carbocycles. The molecule has 1 saturated heterocycles. The van der Waals surface area contributed by atoms with E-state index in [1.807, 2.05) is 30.3 Å². The predicted octanol–water partition coefficient (Wildman–Crippen LogP) is 4.25. The van der Waals surface area contributed by atoms with Gasteiger partial charge in [0.2, 0.25) is 11.6 Å². The number of carbonyl (C=O) groups excluding carboxylic acids is 3. The summed E-state index contributed by atoms with van der Waals surface area (Å²) in [4.78, 5) is 43.5. The van der Waals surface area contributed by atoms with Gasteiger partial charge in [-0.1, -0.05) is 48.5 Å². The van der Waals surface area contributed by atoms with Crippen LogP contribution >= 0.6 is 0 Å². The van der Waals surface area contributed by atoms with E-state index < -0.39 is 17.4 Å². The largest absolute Gasteiger partial charge is 0.320 e. The molecule has 0 aliphatic carbocycles. The van der Waals surface area contributed by atoms with Crippen molar-refractivity contribution >= 4 is 29.1 Å². The fourth-order valence-corrected chi connectivity index (χ4v) is 4.71. The van der Waals surface area contributed by atoms with E-state index in [9.17, 15) is 18.8 Å². The maximum absolute atomic E-state index is 14.6. The number of anilines is 2. The SMILES string of the molecule is Cc1ccc(NC(=O)[C@@]23CCC(=O)N2c2ccccc2C(=O)N3Cc2ccccc2)c(F)c1. The van der Waals surface area contributed by atoms with Gasteiger partial charge in [0.15, 0.2) is 0 Å². The Morgan fingerprint density at radius 1 is 1.03 bits per heavy atom. The van der Waals surface area contributed by atoms with Gasteiger partial charge in [-0.25, -0.2) is 4.39 Å². The molecule has 7 heteroatoms. The summed E-state index contributed by atoms with van der Waals surface area (Å²) in [7, 11) is 0. The number of aryl methyl sites for hydroxylation is 1. The maximum atomic E-state index is 14.6. The van der Waals surface area contributed by atoms with Crippen molar-refractivity contribution in [2.75, 3.05) is 10.2 Å². The van der Waals surface area contributed by atoms with Gasteiger partial charge < -0.3 is 10.2 Å². The Morgan fingerprint density at radius 2 is 1.76 bits per heavy atom. The Kier molecular flexibility index (Phi) is 4.96. The quantitative estimate of drug-likeness (QED) is 0.655. The average Bonchev–Trinajstić information content (AvgIpc) is 3.17. The minimum absolute atomic E-state index is 0.00485.